The number of imidazole rings is 1. The Morgan fingerprint density at radius 3 is 2.41 bits per heavy atom. The van der Waals surface area contributed by atoms with Crippen LogP contribution in [0.5, 0.6) is 0 Å². The Bertz CT molecular complexity index is 737. The number of benzene rings is 1. The zero-order chi connectivity index (χ0) is 16.3. The van der Waals surface area contributed by atoms with Crippen molar-refractivity contribution >= 4 is 23.1 Å². The van der Waals surface area contributed by atoms with Crippen LogP contribution in [0.3, 0.4) is 0 Å². The standard InChI is InChI=1S/C12H11N5O5/c1-8-13-6-12(17(21)22)15(8)7-11(18)14-9-2-4-10(5-3-9)16(19)20/h2-6H,7H2,1H3,(H,14,18). The smallest absolute Gasteiger partial charge is 0.343 e. The molecule has 0 aliphatic rings. The number of aryl methyl sites for hydroxylation is 1. The lowest BCUT2D eigenvalue weighted by Gasteiger charge is -2.05. The summed E-state index contributed by atoms with van der Waals surface area (Å²) in [5, 5.41) is 23.9. The van der Waals surface area contributed by atoms with Gasteiger partial charge in [0.2, 0.25) is 0 Å². The van der Waals surface area contributed by atoms with Gasteiger partial charge in [0.05, 0.1) is 4.92 Å². The van der Waals surface area contributed by atoms with Gasteiger partial charge < -0.3 is 15.4 Å². The van der Waals surface area contributed by atoms with E-state index in [1.807, 2.05) is 0 Å². The largest absolute Gasteiger partial charge is 0.358 e. The number of rotatable bonds is 5. The maximum atomic E-state index is 11.9. The Morgan fingerprint density at radius 2 is 1.86 bits per heavy atom. The first-order valence-electron chi connectivity index (χ1n) is 6.09. The minimum absolute atomic E-state index is 0.0981. The van der Waals surface area contributed by atoms with Crippen LogP contribution in [0.4, 0.5) is 17.2 Å². The van der Waals surface area contributed by atoms with E-state index in [0.29, 0.717) is 11.5 Å². The first-order valence-corrected chi connectivity index (χ1v) is 6.09. The van der Waals surface area contributed by atoms with E-state index in [-0.39, 0.29) is 18.1 Å². The number of hydrogen-bond acceptors (Lipinski definition) is 6. The predicted molar refractivity (Wildman–Crippen MR) is 75.3 cm³/mol. The van der Waals surface area contributed by atoms with Crippen LogP contribution in [-0.4, -0.2) is 25.3 Å². The van der Waals surface area contributed by atoms with Gasteiger partial charge in [0.1, 0.15) is 6.20 Å². The molecule has 22 heavy (non-hydrogen) atoms. The minimum atomic E-state index is -0.626. The highest BCUT2D eigenvalue weighted by atomic mass is 16.6. The third-order valence-electron chi connectivity index (χ3n) is 2.88. The van der Waals surface area contributed by atoms with Gasteiger partial charge in [-0.3, -0.25) is 14.9 Å². The second kappa shape index (κ2) is 5.99. The average Bonchev–Trinajstić information content (AvgIpc) is 2.81. The fourth-order valence-electron chi connectivity index (χ4n) is 1.81. The summed E-state index contributed by atoms with van der Waals surface area (Å²) in [6.07, 6.45) is 1.08. The fraction of sp³-hybridized carbons (Fsp3) is 0.167. The number of nitrogens with zero attached hydrogens (tertiary/aromatic N) is 4. The maximum Gasteiger partial charge on any atom is 0.343 e. The van der Waals surface area contributed by atoms with Crippen molar-refractivity contribution in [1.82, 2.24) is 9.55 Å². The number of hydrogen-bond donors (Lipinski definition) is 1. The molecule has 0 aliphatic carbocycles. The molecule has 2 rings (SSSR count). The molecule has 114 valence electrons. The van der Waals surface area contributed by atoms with Gasteiger partial charge >= 0.3 is 5.82 Å². The van der Waals surface area contributed by atoms with E-state index in [9.17, 15) is 25.0 Å². The fourth-order valence-corrected chi connectivity index (χ4v) is 1.81. The number of nitrogens with one attached hydrogen (secondary N) is 1. The van der Waals surface area contributed by atoms with E-state index in [1.54, 1.807) is 6.92 Å². The van der Waals surface area contributed by atoms with Crippen molar-refractivity contribution in [2.75, 3.05) is 5.32 Å². The summed E-state index contributed by atoms with van der Waals surface area (Å²) in [5.41, 5.74) is 0.259. The third-order valence-corrected chi connectivity index (χ3v) is 2.88. The SMILES string of the molecule is Cc1ncc([N+](=O)[O-])n1CC(=O)Nc1ccc([N+](=O)[O-])cc1. The summed E-state index contributed by atoms with van der Waals surface area (Å²) in [6, 6.07) is 5.26. The van der Waals surface area contributed by atoms with Crippen LogP contribution < -0.4 is 5.32 Å². The highest BCUT2D eigenvalue weighted by Crippen LogP contribution is 2.17. The molecule has 0 saturated carbocycles. The number of aromatic nitrogens is 2. The number of nitro benzene ring substituents is 1. The first kappa shape index (κ1) is 15.1. The molecule has 0 spiro atoms. The van der Waals surface area contributed by atoms with E-state index in [1.165, 1.54) is 28.8 Å². The Morgan fingerprint density at radius 1 is 1.23 bits per heavy atom. The number of amides is 1. The molecule has 0 atom stereocenters. The van der Waals surface area contributed by atoms with Crippen molar-refractivity contribution in [3.8, 4) is 0 Å². The van der Waals surface area contributed by atoms with Crippen LogP contribution in [0.25, 0.3) is 0 Å². The summed E-state index contributed by atoms with van der Waals surface area (Å²) in [5.74, 6) is -0.444. The predicted octanol–water partition coefficient (Wildman–Crippen LogP) is 1.65. The summed E-state index contributed by atoms with van der Waals surface area (Å²) >= 11 is 0. The second-order valence-corrected chi connectivity index (χ2v) is 4.36. The molecule has 0 unspecified atom stereocenters. The molecule has 1 N–H and O–H groups in total. The molecule has 1 aromatic heterocycles. The lowest BCUT2D eigenvalue weighted by molar-refractivity contribution is -0.392. The number of nitro groups is 2. The molecular formula is C12H11N5O5. The Kier molecular flexibility index (Phi) is 4.11. The van der Waals surface area contributed by atoms with Crippen LogP contribution in [-0.2, 0) is 11.3 Å². The Balaban J connectivity index is 2.09. The van der Waals surface area contributed by atoms with E-state index in [2.05, 4.69) is 10.3 Å². The summed E-state index contributed by atoms with van der Waals surface area (Å²) in [6.45, 7) is 1.27. The van der Waals surface area contributed by atoms with Crippen molar-refractivity contribution in [3.05, 3.63) is 56.5 Å². The number of carbonyl (C=O) groups is 1. The van der Waals surface area contributed by atoms with Crippen molar-refractivity contribution in [2.24, 2.45) is 0 Å². The highest BCUT2D eigenvalue weighted by Gasteiger charge is 2.20. The van der Waals surface area contributed by atoms with Crippen molar-refractivity contribution in [3.63, 3.8) is 0 Å². The Hall–Kier alpha value is -3.30. The van der Waals surface area contributed by atoms with Crippen LogP contribution in [0, 0.1) is 27.2 Å². The van der Waals surface area contributed by atoms with E-state index < -0.39 is 15.8 Å². The number of non-ortho nitro benzene ring substituents is 1. The van der Waals surface area contributed by atoms with Gasteiger partial charge in [-0.25, -0.2) is 9.55 Å². The average molecular weight is 305 g/mol. The van der Waals surface area contributed by atoms with Crippen LogP contribution in [0.15, 0.2) is 30.5 Å². The molecule has 1 heterocycles. The normalized spacial score (nSPS) is 10.2. The van der Waals surface area contributed by atoms with Crippen LogP contribution in [0.1, 0.15) is 5.82 Å². The molecule has 2 aromatic rings. The van der Waals surface area contributed by atoms with E-state index >= 15 is 0 Å². The van der Waals surface area contributed by atoms with Gasteiger partial charge in [0, 0.05) is 24.7 Å². The highest BCUT2D eigenvalue weighted by molar-refractivity contribution is 5.90. The zero-order valence-electron chi connectivity index (χ0n) is 11.4. The summed E-state index contributed by atoms with van der Waals surface area (Å²) < 4.78 is 1.17. The summed E-state index contributed by atoms with van der Waals surface area (Å²) in [4.78, 5) is 35.9. The molecule has 0 aliphatic heterocycles. The lowest BCUT2D eigenvalue weighted by Crippen LogP contribution is -2.20. The van der Waals surface area contributed by atoms with Crippen molar-refractivity contribution in [1.29, 1.82) is 0 Å². The van der Waals surface area contributed by atoms with Gasteiger partial charge in [0.25, 0.3) is 11.6 Å². The molecule has 1 aromatic carbocycles. The summed E-state index contributed by atoms with van der Waals surface area (Å²) in [7, 11) is 0. The molecule has 10 heteroatoms. The topological polar surface area (TPSA) is 133 Å². The van der Waals surface area contributed by atoms with E-state index in [0.717, 1.165) is 6.20 Å². The quantitative estimate of drug-likeness (QED) is 0.659. The van der Waals surface area contributed by atoms with Gasteiger partial charge in [-0.15, -0.1) is 0 Å². The Labute approximate surface area is 123 Å². The molecule has 0 fully saturated rings. The molecule has 0 bridgehead atoms. The number of carbonyl (C=O) groups excluding carboxylic acids is 1. The number of anilines is 1. The van der Waals surface area contributed by atoms with Crippen LogP contribution >= 0.6 is 0 Å². The molecule has 1 amide bonds. The second-order valence-electron chi connectivity index (χ2n) is 4.36. The maximum absolute atomic E-state index is 11.9. The third kappa shape index (κ3) is 3.23. The minimum Gasteiger partial charge on any atom is -0.358 e. The van der Waals surface area contributed by atoms with Crippen molar-refractivity contribution in [2.45, 2.75) is 13.5 Å². The first-order chi connectivity index (χ1) is 10.4. The molecule has 0 saturated heterocycles. The van der Waals surface area contributed by atoms with Crippen molar-refractivity contribution < 1.29 is 14.6 Å². The van der Waals surface area contributed by atoms with Gasteiger partial charge in [0.15, 0.2) is 12.4 Å². The monoisotopic (exact) mass is 305 g/mol. The molecule has 10 nitrogen and oxygen atoms in total. The lowest BCUT2D eigenvalue weighted by atomic mass is 10.3. The molecule has 0 radical (unpaired) electrons. The van der Waals surface area contributed by atoms with Crippen LogP contribution in [0.2, 0.25) is 0 Å². The zero-order valence-corrected chi connectivity index (χ0v) is 11.4. The molecular weight excluding hydrogens is 294 g/mol. The van der Waals surface area contributed by atoms with E-state index in [4.69, 9.17) is 0 Å². The van der Waals surface area contributed by atoms with Gasteiger partial charge in [-0.2, -0.15) is 0 Å². The van der Waals surface area contributed by atoms with Gasteiger partial charge in [-0.1, -0.05) is 0 Å². The van der Waals surface area contributed by atoms with Gasteiger partial charge in [-0.05, 0) is 17.1 Å².